The number of hydrogen-bond donors (Lipinski definition) is 2. The fourth-order valence-corrected chi connectivity index (χ4v) is 4.45. The van der Waals surface area contributed by atoms with E-state index in [2.05, 4.69) is 122 Å². The van der Waals surface area contributed by atoms with Gasteiger partial charge < -0.3 is 10.6 Å². The zero-order valence-corrected chi connectivity index (χ0v) is 19.3. The van der Waals surface area contributed by atoms with Crippen LogP contribution in [0.3, 0.4) is 0 Å². The van der Waals surface area contributed by atoms with E-state index in [1.165, 1.54) is 11.1 Å². The molecule has 0 bridgehead atoms. The van der Waals surface area contributed by atoms with Crippen LogP contribution < -0.4 is 10.6 Å². The van der Waals surface area contributed by atoms with Gasteiger partial charge in [-0.2, -0.15) is 0 Å². The Morgan fingerprint density at radius 3 is 1.47 bits per heavy atom. The quantitative estimate of drug-likeness (QED) is 0.266. The number of hydrogen-bond acceptors (Lipinski definition) is 1. The number of aryl methyl sites for hydroxylation is 1. The largest absolute Gasteiger partial charge is 0.356 e. The summed E-state index contributed by atoms with van der Waals surface area (Å²) in [6.07, 6.45) is 0. The molecule has 0 aromatic heterocycles. The summed E-state index contributed by atoms with van der Waals surface area (Å²) >= 11 is 5.88. The van der Waals surface area contributed by atoms with Gasteiger partial charge >= 0.3 is 0 Å². The van der Waals surface area contributed by atoms with Gasteiger partial charge in [0.05, 0.1) is 6.04 Å². The van der Waals surface area contributed by atoms with Gasteiger partial charge in [-0.25, -0.2) is 0 Å². The SMILES string of the molecule is Cc1ccc([C@H](C)NC(=S)NC(c2ccccc2)(c2ccccc2)c2ccccc2)cc1. The molecule has 1 atom stereocenters. The van der Waals surface area contributed by atoms with Crippen LogP contribution >= 0.6 is 12.2 Å². The molecule has 0 spiro atoms. The van der Waals surface area contributed by atoms with Gasteiger partial charge in [0, 0.05) is 0 Å². The molecule has 2 N–H and O–H groups in total. The van der Waals surface area contributed by atoms with Gasteiger partial charge in [0.15, 0.2) is 5.11 Å². The summed E-state index contributed by atoms with van der Waals surface area (Å²) < 4.78 is 0. The van der Waals surface area contributed by atoms with Gasteiger partial charge in [-0.3, -0.25) is 0 Å². The Morgan fingerprint density at radius 1 is 0.656 bits per heavy atom. The standard InChI is InChI=1S/C29H28N2S/c1-22-18-20-24(21-19-22)23(2)30-28(32)31-29(25-12-6-3-7-13-25,26-14-8-4-9-15-26)27-16-10-5-11-17-27/h3-21,23H,1-2H3,(H2,30,31,32)/t23-/m0/s1. The van der Waals surface area contributed by atoms with Crippen LogP contribution in [0.4, 0.5) is 0 Å². The van der Waals surface area contributed by atoms with Crippen molar-refractivity contribution in [1.82, 2.24) is 10.6 Å². The third kappa shape index (κ3) is 4.58. The minimum Gasteiger partial charge on any atom is -0.356 e. The van der Waals surface area contributed by atoms with E-state index >= 15 is 0 Å². The molecule has 0 radical (unpaired) electrons. The molecule has 0 unspecified atom stereocenters. The second-order valence-corrected chi connectivity index (χ2v) is 8.49. The first-order valence-corrected chi connectivity index (χ1v) is 11.3. The van der Waals surface area contributed by atoms with Crippen molar-refractivity contribution in [1.29, 1.82) is 0 Å². The Kier molecular flexibility index (Phi) is 6.67. The van der Waals surface area contributed by atoms with Crippen molar-refractivity contribution in [3.8, 4) is 0 Å². The van der Waals surface area contributed by atoms with Gasteiger partial charge in [-0.1, -0.05) is 121 Å². The normalized spacial score (nSPS) is 12.1. The van der Waals surface area contributed by atoms with E-state index in [4.69, 9.17) is 12.2 Å². The highest BCUT2D eigenvalue weighted by atomic mass is 32.1. The maximum absolute atomic E-state index is 5.88. The molecule has 160 valence electrons. The molecule has 0 aliphatic heterocycles. The van der Waals surface area contributed by atoms with E-state index in [-0.39, 0.29) is 6.04 Å². The predicted octanol–water partition coefficient (Wildman–Crippen LogP) is 6.51. The molecule has 0 saturated heterocycles. The lowest BCUT2D eigenvalue weighted by Crippen LogP contribution is -2.51. The highest BCUT2D eigenvalue weighted by Gasteiger charge is 2.37. The van der Waals surface area contributed by atoms with E-state index in [9.17, 15) is 0 Å². The van der Waals surface area contributed by atoms with Crippen LogP contribution in [-0.2, 0) is 5.54 Å². The van der Waals surface area contributed by atoms with Crippen LogP contribution in [-0.4, -0.2) is 5.11 Å². The van der Waals surface area contributed by atoms with Crippen LogP contribution in [0.2, 0.25) is 0 Å². The van der Waals surface area contributed by atoms with E-state index < -0.39 is 5.54 Å². The molecule has 4 aromatic carbocycles. The fraction of sp³-hybridized carbons (Fsp3) is 0.138. The van der Waals surface area contributed by atoms with Crippen molar-refractivity contribution in [3.05, 3.63) is 143 Å². The Balaban J connectivity index is 1.75. The molecule has 3 heteroatoms. The topological polar surface area (TPSA) is 24.1 Å². The lowest BCUT2D eigenvalue weighted by molar-refractivity contribution is 0.557. The summed E-state index contributed by atoms with van der Waals surface area (Å²) in [5.74, 6) is 0. The second kappa shape index (κ2) is 9.80. The van der Waals surface area contributed by atoms with Crippen LogP contribution in [0.25, 0.3) is 0 Å². The van der Waals surface area contributed by atoms with Crippen molar-refractivity contribution < 1.29 is 0 Å². The first-order valence-electron chi connectivity index (χ1n) is 10.9. The van der Waals surface area contributed by atoms with Gasteiger partial charge in [-0.15, -0.1) is 0 Å². The summed E-state index contributed by atoms with van der Waals surface area (Å²) in [6, 6.07) is 40.1. The first-order chi connectivity index (χ1) is 15.6. The lowest BCUT2D eigenvalue weighted by atomic mass is 9.77. The molecule has 0 saturated carbocycles. The molecular weight excluding hydrogens is 408 g/mol. The zero-order chi connectivity index (χ0) is 22.4. The average molecular weight is 437 g/mol. The number of thiocarbonyl (C=S) groups is 1. The van der Waals surface area contributed by atoms with E-state index in [0.717, 1.165) is 16.7 Å². The number of nitrogens with one attached hydrogen (secondary N) is 2. The Morgan fingerprint density at radius 2 is 1.06 bits per heavy atom. The molecular formula is C29H28N2S. The minimum atomic E-state index is -0.624. The molecule has 4 aromatic rings. The van der Waals surface area contributed by atoms with Crippen LogP contribution in [0.5, 0.6) is 0 Å². The molecule has 0 amide bonds. The average Bonchev–Trinajstić information content (AvgIpc) is 2.84. The fourth-order valence-electron chi connectivity index (χ4n) is 4.12. The smallest absolute Gasteiger partial charge is 0.168 e. The van der Waals surface area contributed by atoms with Crippen molar-refractivity contribution in [2.75, 3.05) is 0 Å². The molecule has 2 nitrogen and oxygen atoms in total. The molecule has 32 heavy (non-hydrogen) atoms. The molecule has 0 aliphatic carbocycles. The van der Waals surface area contributed by atoms with Gasteiger partial charge in [0.2, 0.25) is 0 Å². The summed E-state index contributed by atoms with van der Waals surface area (Å²) in [4.78, 5) is 0. The number of rotatable bonds is 6. The lowest BCUT2D eigenvalue weighted by Gasteiger charge is -2.38. The van der Waals surface area contributed by atoms with Crippen LogP contribution in [0, 0.1) is 6.92 Å². The highest BCUT2D eigenvalue weighted by molar-refractivity contribution is 7.80. The molecule has 0 fully saturated rings. The Labute approximate surface area is 196 Å². The van der Waals surface area contributed by atoms with Crippen molar-refractivity contribution in [2.24, 2.45) is 0 Å². The third-order valence-electron chi connectivity index (χ3n) is 5.85. The summed E-state index contributed by atoms with van der Waals surface area (Å²) in [5, 5.41) is 7.82. The van der Waals surface area contributed by atoms with Crippen molar-refractivity contribution in [3.63, 3.8) is 0 Å². The van der Waals surface area contributed by atoms with Crippen molar-refractivity contribution in [2.45, 2.75) is 25.4 Å². The maximum atomic E-state index is 5.88. The van der Waals surface area contributed by atoms with Crippen molar-refractivity contribution >= 4 is 17.3 Å². The van der Waals surface area contributed by atoms with E-state index in [0.29, 0.717) is 5.11 Å². The van der Waals surface area contributed by atoms with Crippen LogP contribution in [0.1, 0.15) is 40.8 Å². The molecule has 0 aliphatic rings. The monoisotopic (exact) mass is 436 g/mol. The van der Waals surface area contributed by atoms with Gasteiger partial charge in [-0.05, 0) is 48.3 Å². The minimum absolute atomic E-state index is 0.0793. The maximum Gasteiger partial charge on any atom is 0.168 e. The molecule has 4 rings (SSSR count). The van der Waals surface area contributed by atoms with Gasteiger partial charge in [0.1, 0.15) is 5.54 Å². The second-order valence-electron chi connectivity index (χ2n) is 8.08. The third-order valence-corrected chi connectivity index (χ3v) is 6.07. The molecule has 0 heterocycles. The summed E-state index contributed by atoms with van der Waals surface area (Å²) in [6.45, 7) is 4.23. The van der Waals surface area contributed by atoms with Gasteiger partial charge in [0.25, 0.3) is 0 Å². The first kappa shape index (κ1) is 21.8. The Hall–Kier alpha value is -3.43. The Bertz CT molecular complexity index is 1040. The zero-order valence-electron chi connectivity index (χ0n) is 18.5. The summed E-state index contributed by atoms with van der Waals surface area (Å²) in [5.41, 5.74) is 5.21. The predicted molar refractivity (Wildman–Crippen MR) is 138 cm³/mol. The number of benzene rings is 4. The summed E-state index contributed by atoms with van der Waals surface area (Å²) in [7, 11) is 0. The highest BCUT2D eigenvalue weighted by Crippen LogP contribution is 2.36. The van der Waals surface area contributed by atoms with Crippen LogP contribution in [0.15, 0.2) is 115 Å². The van der Waals surface area contributed by atoms with E-state index in [1.807, 2.05) is 18.2 Å². The van der Waals surface area contributed by atoms with E-state index in [1.54, 1.807) is 0 Å².